The third kappa shape index (κ3) is 2.11. The summed E-state index contributed by atoms with van der Waals surface area (Å²) in [5.74, 6) is -0.613. The van der Waals surface area contributed by atoms with Crippen LogP contribution in [0.3, 0.4) is 0 Å². The minimum absolute atomic E-state index is 0.180. The fourth-order valence-electron chi connectivity index (χ4n) is 2.89. The zero-order valence-corrected chi connectivity index (χ0v) is 12.7. The number of aromatic nitrogens is 1. The van der Waals surface area contributed by atoms with Crippen molar-refractivity contribution in [3.05, 3.63) is 23.5 Å². The highest BCUT2D eigenvalue weighted by atomic mass is 16.5. The zero-order chi connectivity index (χ0) is 15.3. The normalized spacial score (nSPS) is 19.6. The van der Waals surface area contributed by atoms with E-state index in [2.05, 4.69) is 27.7 Å². The lowest BCUT2D eigenvalue weighted by Gasteiger charge is -2.06. The maximum atomic E-state index is 12.1. The smallest absolute Gasteiger partial charge is 0.354 e. The molecule has 110 valence electrons. The second-order valence-corrected chi connectivity index (χ2v) is 6.68. The second-order valence-electron chi connectivity index (χ2n) is 6.68. The topological polar surface area (TPSA) is 74.3 Å². The summed E-state index contributed by atoms with van der Waals surface area (Å²) in [6, 6.07) is 1.47. The summed E-state index contributed by atoms with van der Waals surface area (Å²) in [4.78, 5) is 23.2. The van der Waals surface area contributed by atoms with Crippen LogP contribution in [0.5, 0.6) is 0 Å². The second kappa shape index (κ2) is 4.36. The van der Waals surface area contributed by atoms with Gasteiger partial charge in [0.25, 0.3) is 0 Å². The number of carbonyl (C=O) groups excluding carboxylic acids is 2. The molecule has 0 radical (unpaired) electrons. The van der Waals surface area contributed by atoms with E-state index in [9.17, 15) is 9.59 Å². The molecule has 0 spiro atoms. The molecule has 1 aliphatic carbocycles. The van der Waals surface area contributed by atoms with Crippen LogP contribution in [-0.4, -0.2) is 23.1 Å². The Hall–Kier alpha value is -1.78. The largest absolute Gasteiger partial charge is 0.461 e. The summed E-state index contributed by atoms with van der Waals surface area (Å²) in [5, 5.41) is 0. The number of esters is 1. The fourth-order valence-corrected chi connectivity index (χ4v) is 2.89. The minimum Gasteiger partial charge on any atom is -0.461 e. The van der Waals surface area contributed by atoms with Gasteiger partial charge in [-0.15, -0.1) is 0 Å². The van der Waals surface area contributed by atoms with E-state index < -0.39 is 11.9 Å². The van der Waals surface area contributed by atoms with E-state index >= 15 is 0 Å². The number of nitrogens with zero attached hydrogens (tertiary/aromatic N) is 1. The molecule has 0 unspecified atom stereocenters. The number of rotatable bonds is 4. The first-order valence-corrected chi connectivity index (χ1v) is 6.72. The van der Waals surface area contributed by atoms with E-state index in [4.69, 9.17) is 10.5 Å². The summed E-state index contributed by atoms with van der Waals surface area (Å²) in [5.41, 5.74) is 6.21. The number of hydrogen-bond acceptors (Lipinski definition) is 3. The molecular formula is C15H22N2O3. The van der Waals surface area contributed by atoms with Gasteiger partial charge in [0, 0.05) is 19.2 Å². The highest BCUT2D eigenvalue weighted by Gasteiger charge is 2.64. The van der Waals surface area contributed by atoms with Crippen molar-refractivity contribution in [3.8, 4) is 0 Å². The van der Waals surface area contributed by atoms with Crippen LogP contribution in [0.2, 0.25) is 0 Å². The van der Waals surface area contributed by atoms with Crippen LogP contribution in [0.15, 0.2) is 12.3 Å². The van der Waals surface area contributed by atoms with Crippen LogP contribution in [0.25, 0.3) is 0 Å². The summed E-state index contributed by atoms with van der Waals surface area (Å²) >= 11 is 0. The van der Waals surface area contributed by atoms with Crippen molar-refractivity contribution in [1.29, 1.82) is 0 Å². The molecular weight excluding hydrogens is 256 g/mol. The molecule has 0 saturated heterocycles. The van der Waals surface area contributed by atoms with E-state index in [0.29, 0.717) is 23.8 Å². The molecule has 0 atom stereocenters. The van der Waals surface area contributed by atoms with Crippen LogP contribution in [0.4, 0.5) is 0 Å². The maximum Gasteiger partial charge on any atom is 0.354 e. The number of aryl methyl sites for hydroxylation is 1. The Balaban J connectivity index is 2.02. The Morgan fingerprint density at radius 3 is 2.25 bits per heavy atom. The van der Waals surface area contributed by atoms with Crippen LogP contribution in [0, 0.1) is 16.7 Å². The molecule has 0 bridgehead atoms. The summed E-state index contributed by atoms with van der Waals surface area (Å²) in [6.07, 6.45) is 1.53. The lowest BCUT2D eigenvalue weighted by Crippen LogP contribution is -2.13. The van der Waals surface area contributed by atoms with Crippen molar-refractivity contribution in [1.82, 2.24) is 4.57 Å². The average Bonchev–Trinajstić information content (AvgIpc) is 2.64. The molecule has 1 amide bonds. The predicted octanol–water partition coefficient (Wildman–Crippen LogP) is 1.96. The molecule has 1 aromatic heterocycles. The third-order valence-electron chi connectivity index (χ3n) is 5.20. The van der Waals surface area contributed by atoms with Crippen LogP contribution >= 0.6 is 0 Å². The van der Waals surface area contributed by atoms with Crippen molar-refractivity contribution in [2.45, 2.75) is 27.7 Å². The Kier molecular flexibility index (Phi) is 3.19. The monoisotopic (exact) mass is 278 g/mol. The zero-order valence-electron chi connectivity index (χ0n) is 12.7. The molecule has 1 aliphatic rings. The molecule has 0 aromatic carbocycles. The molecule has 5 nitrogen and oxygen atoms in total. The average molecular weight is 278 g/mol. The first-order chi connectivity index (χ1) is 9.09. The molecule has 5 heteroatoms. The Morgan fingerprint density at radius 2 is 1.85 bits per heavy atom. The Labute approximate surface area is 119 Å². The van der Waals surface area contributed by atoms with Crippen molar-refractivity contribution in [2.75, 3.05) is 6.61 Å². The number of primary amides is 1. The summed E-state index contributed by atoms with van der Waals surface area (Å²) in [7, 11) is 1.69. The number of ether oxygens (including phenoxy) is 1. The maximum absolute atomic E-state index is 12.1. The van der Waals surface area contributed by atoms with Crippen LogP contribution < -0.4 is 5.73 Å². The number of carbonyl (C=O) groups is 2. The SMILES string of the molecule is Cn1cc(C(N)=O)cc1C(=O)OCC1C(C)(C)C1(C)C. The van der Waals surface area contributed by atoms with Crippen molar-refractivity contribution >= 4 is 11.9 Å². The fraction of sp³-hybridized carbons (Fsp3) is 0.600. The molecule has 1 fully saturated rings. The van der Waals surface area contributed by atoms with E-state index in [-0.39, 0.29) is 10.8 Å². The number of hydrogen-bond donors (Lipinski definition) is 1. The molecule has 1 heterocycles. The summed E-state index contributed by atoms with van der Waals surface area (Å²) < 4.78 is 6.95. The third-order valence-corrected chi connectivity index (χ3v) is 5.20. The van der Waals surface area contributed by atoms with E-state index in [1.54, 1.807) is 11.6 Å². The highest BCUT2D eigenvalue weighted by molar-refractivity contribution is 5.96. The molecule has 1 saturated carbocycles. The van der Waals surface area contributed by atoms with Gasteiger partial charge in [-0.3, -0.25) is 4.79 Å². The van der Waals surface area contributed by atoms with Gasteiger partial charge in [-0.05, 0) is 16.9 Å². The van der Waals surface area contributed by atoms with Gasteiger partial charge in [0.2, 0.25) is 5.91 Å². The van der Waals surface area contributed by atoms with Crippen molar-refractivity contribution < 1.29 is 14.3 Å². The van der Waals surface area contributed by atoms with Gasteiger partial charge in [-0.2, -0.15) is 0 Å². The molecule has 2 rings (SSSR count). The Morgan fingerprint density at radius 1 is 1.30 bits per heavy atom. The van der Waals surface area contributed by atoms with E-state index in [0.717, 1.165) is 0 Å². The Bertz CT molecular complexity index is 556. The van der Waals surface area contributed by atoms with Crippen LogP contribution in [-0.2, 0) is 11.8 Å². The van der Waals surface area contributed by atoms with Gasteiger partial charge in [-0.25, -0.2) is 4.79 Å². The highest BCUT2D eigenvalue weighted by Crippen LogP contribution is 2.68. The lowest BCUT2D eigenvalue weighted by atomic mass is 10.0. The first-order valence-electron chi connectivity index (χ1n) is 6.72. The van der Waals surface area contributed by atoms with Gasteiger partial charge < -0.3 is 15.0 Å². The van der Waals surface area contributed by atoms with Crippen molar-refractivity contribution in [2.24, 2.45) is 29.5 Å². The van der Waals surface area contributed by atoms with Gasteiger partial charge in [0.1, 0.15) is 5.69 Å². The summed E-state index contributed by atoms with van der Waals surface area (Å²) in [6.45, 7) is 9.12. The van der Waals surface area contributed by atoms with Crippen molar-refractivity contribution in [3.63, 3.8) is 0 Å². The van der Waals surface area contributed by atoms with E-state index in [1.807, 2.05) is 0 Å². The van der Waals surface area contributed by atoms with Crippen LogP contribution in [0.1, 0.15) is 48.5 Å². The molecule has 20 heavy (non-hydrogen) atoms. The van der Waals surface area contributed by atoms with E-state index in [1.165, 1.54) is 12.3 Å². The van der Waals surface area contributed by atoms with Gasteiger partial charge >= 0.3 is 5.97 Å². The lowest BCUT2D eigenvalue weighted by molar-refractivity contribution is 0.0454. The quantitative estimate of drug-likeness (QED) is 0.856. The van der Waals surface area contributed by atoms with Gasteiger partial charge in [0.05, 0.1) is 12.2 Å². The standard InChI is InChI=1S/C15H22N2O3/c1-14(2)11(15(14,3)4)8-20-13(19)10-6-9(12(16)18)7-17(10)5/h6-7,11H,8H2,1-5H3,(H2,16,18). The van der Waals surface area contributed by atoms with Gasteiger partial charge in [0.15, 0.2) is 0 Å². The molecule has 1 aromatic rings. The number of nitrogens with two attached hydrogens (primary N) is 1. The predicted molar refractivity (Wildman–Crippen MR) is 75.3 cm³/mol. The first kappa shape index (κ1) is 14.6. The molecule has 2 N–H and O–H groups in total. The van der Waals surface area contributed by atoms with Gasteiger partial charge in [-0.1, -0.05) is 27.7 Å². The number of amides is 1. The molecule has 0 aliphatic heterocycles. The minimum atomic E-state index is -0.552.